The third kappa shape index (κ3) is 3.36. The zero-order chi connectivity index (χ0) is 19.8. The summed E-state index contributed by atoms with van der Waals surface area (Å²) in [7, 11) is 0. The molecule has 1 N–H and O–H groups in total. The molecule has 0 bridgehead atoms. The van der Waals surface area contributed by atoms with E-state index in [1.54, 1.807) is 0 Å². The first-order valence-electron chi connectivity index (χ1n) is 9.68. The summed E-state index contributed by atoms with van der Waals surface area (Å²) in [4.78, 5) is 18.1. The lowest BCUT2D eigenvalue weighted by Gasteiger charge is -2.26. The van der Waals surface area contributed by atoms with Gasteiger partial charge in [0.05, 0.1) is 0 Å². The maximum absolute atomic E-state index is 12.9. The van der Waals surface area contributed by atoms with E-state index in [2.05, 4.69) is 11.1 Å². The third-order valence-electron chi connectivity index (χ3n) is 5.50. The van der Waals surface area contributed by atoms with Crippen LogP contribution < -0.4 is 0 Å². The van der Waals surface area contributed by atoms with E-state index in [1.807, 2.05) is 82.7 Å². The zero-order valence-electron chi connectivity index (χ0n) is 15.8. The third-order valence-corrected chi connectivity index (χ3v) is 5.74. The first-order valence-corrected chi connectivity index (χ1v) is 10.1. The summed E-state index contributed by atoms with van der Waals surface area (Å²) in [6.45, 7) is 1.32. The maximum Gasteiger partial charge on any atom is 0.254 e. The minimum Gasteiger partial charge on any atom is -0.361 e. The van der Waals surface area contributed by atoms with Gasteiger partial charge in [0.1, 0.15) is 0 Å². The molecule has 0 atom stereocenters. The number of carbonyl (C=O) groups is 1. The SMILES string of the molecule is O=C(c1ccc(-n2cccc2)cc1)N1CC=C(c2c[nH]c3ccc(Cl)cc23)CC1. The molecule has 2 aromatic heterocycles. The Bertz CT molecular complexity index is 1200. The van der Waals surface area contributed by atoms with Crippen LogP contribution in [-0.2, 0) is 0 Å². The Labute approximate surface area is 174 Å². The van der Waals surface area contributed by atoms with Crippen LogP contribution in [0.2, 0.25) is 5.02 Å². The van der Waals surface area contributed by atoms with E-state index in [9.17, 15) is 4.79 Å². The molecule has 4 aromatic rings. The van der Waals surface area contributed by atoms with Gasteiger partial charge in [-0.2, -0.15) is 0 Å². The summed E-state index contributed by atoms with van der Waals surface area (Å²) in [5, 5.41) is 1.86. The highest BCUT2D eigenvalue weighted by Crippen LogP contribution is 2.31. The summed E-state index contributed by atoms with van der Waals surface area (Å²) >= 11 is 6.17. The number of fused-ring (bicyclic) bond motifs is 1. The Morgan fingerprint density at radius 3 is 2.55 bits per heavy atom. The monoisotopic (exact) mass is 401 g/mol. The minimum atomic E-state index is 0.0707. The molecular weight excluding hydrogens is 382 g/mol. The summed E-state index contributed by atoms with van der Waals surface area (Å²) in [6.07, 6.45) is 8.99. The van der Waals surface area contributed by atoms with Gasteiger partial charge in [-0.25, -0.2) is 0 Å². The number of carbonyl (C=O) groups excluding carboxylic acids is 1. The van der Waals surface area contributed by atoms with Crippen LogP contribution in [0.1, 0.15) is 22.3 Å². The van der Waals surface area contributed by atoms with E-state index >= 15 is 0 Å². The average Bonchev–Trinajstić information content (AvgIpc) is 3.43. The second-order valence-electron chi connectivity index (χ2n) is 7.26. The molecule has 0 unspecified atom stereocenters. The van der Waals surface area contributed by atoms with Gasteiger partial charge in [0, 0.05) is 64.4 Å². The molecule has 0 saturated carbocycles. The van der Waals surface area contributed by atoms with Gasteiger partial charge >= 0.3 is 0 Å². The average molecular weight is 402 g/mol. The fourth-order valence-corrected chi connectivity index (χ4v) is 4.09. The molecule has 144 valence electrons. The first-order chi connectivity index (χ1) is 14.2. The highest BCUT2D eigenvalue weighted by Gasteiger charge is 2.20. The number of aromatic amines is 1. The summed E-state index contributed by atoms with van der Waals surface area (Å²) in [5.41, 5.74) is 5.27. The van der Waals surface area contributed by atoms with Crippen LogP contribution in [0.3, 0.4) is 0 Å². The second-order valence-corrected chi connectivity index (χ2v) is 7.70. The lowest BCUT2D eigenvalue weighted by Crippen LogP contribution is -2.34. The predicted molar refractivity (Wildman–Crippen MR) is 118 cm³/mol. The number of hydrogen-bond acceptors (Lipinski definition) is 1. The number of H-pyrrole nitrogens is 1. The van der Waals surface area contributed by atoms with Crippen LogP contribution in [0.15, 0.2) is 79.3 Å². The van der Waals surface area contributed by atoms with Crippen LogP contribution >= 0.6 is 11.6 Å². The Morgan fingerprint density at radius 2 is 1.83 bits per heavy atom. The quantitative estimate of drug-likeness (QED) is 0.481. The number of rotatable bonds is 3. The molecule has 29 heavy (non-hydrogen) atoms. The predicted octanol–water partition coefficient (Wildman–Crippen LogP) is 5.54. The van der Waals surface area contributed by atoms with Crippen molar-refractivity contribution in [3.05, 3.63) is 95.4 Å². The van der Waals surface area contributed by atoms with Crippen molar-refractivity contribution in [1.29, 1.82) is 0 Å². The number of nitrogens with zero attached hydrogens (tertiary/aromatic N) is 2. The van der Waals surface area contributed by atoms with Gasteiger partial charge in [-0.05, 0) is 66.6 Å². The Kier molecular flexibility index (Phi) is 4.49. The van der Waals surface area contributed by atoms with E-state index < -0.39 is 0 Å². The molecule has 5 rings (SSSR count). The van der Waals surface area contributed by atoms with Crippen molar-refractivity contribution in [3.63, 3.8) is 0 Å². The van der Waals surface area contributed by atoms with Gasteiger partial charge in [-0.3, -0.25) is 4.79 Å². The van der Waals surface area contributed by atoms with Crippen molar-refractivity contribution in [2.24, 2.45) is 0 Å². The van der Waals surface area contributed by atoms with Crippen LogP contribution in [0.25, 0.3) is 22.2 Å². The van der Waals surface area contributed by atoms with Gasteiger partial charge in [0.25, 0.3) is 5.91 Å². The lowest BCUT2D eigenvalue weighted by atomic mass is 9.98. The Balaban J connectivity index is 1.33. The molecule has 5 heteroatoms. The van der Waals surface area contributed by atoms with Crippen molar-refractivity contribution in [2.45, 2.75) is 6.42 Å². The van der Waals surface area contributed by atoms with E-state index in [4.69, 9.17) is 11.6 Å². The molecule has 3 heterocycles. The van der Waals surface area contributed by atoms with Crippen LogP contribution in [0, 0.1) is 0 Å². The van der Waals surface area contributed by atoms with Crippen LogP contribution in [-0.4, -0.2) is 33.4 Å². The molecular formula is C24H20ClN3O. The number of nitrogens with one attached hydrogen (secondary N) is 1. The smallest absolute Gasteiger partial charge is 0.254 e. The maximum atomic E-state index is 12.9. The number of hydrogen-bond donors (Lipinski definition) is 1. The lowest BCUT2D eigenvalue weighted by molar-refractivity contribution is 0.0773. The highest BCUT2D eigenvalue weighted by atomic mass is 35.5. The molecule has 1 aliphatic rings. The fourth-order valence-electron chi connectivity index (χ4n) is 3.92. The standard InChI is InChI=1S/C24H20ClN3O/c25-19-5-8-23-21(15-19)22(16-26-23)17-9-13-28(14-10-17)24(29)18-3-6-20(7-4-18)27-11-1-2-12-27/h1-9,11-12,15-16,26H,10,13-14H2. The molecule has 0 saturated heterocycles. The van der Waals surface area contributed by atoms with Crippen molar-refractivity contribution < 1.29 is 4.79 Å². The Hall–Kier alpha value is -3.24. The molecule has 0 radical (unpaired) electrons. The molecule has 0 aliphatic carbocycles. The first kappa shape index (κ1) is 17.8. The highest BCUT2D eigenvalue weighted by molar-refractivity contribution is 6.31. The summed E-state index contributed by atoms with van der Waals surface area (Å²) in [6, 6.07) is 17.6. The summed E-state index contributed by atoms with van der Waals surface area (Å²) in [5.74, 6) is 0.0707. The van der Waals surface area contributed by atoms with E-state index in [1.165, 1.54) is 11.1 Å². The normalized spacial score (nSPS) is 14.2. The summed E-state index contributed by atoms with van der Waals surface area (Å²) < 4.78 is 2.03. The molecule has 2 aromatic carbocycles. The fraction of sp³-hybridized carbons (Fsp3) is 0.125. The second kappa shape index (κ2) is 7.30. The van der Waals surface area contributed by atoms with E-state index in [0.717, 1.165) is 33.6 Å². The molecule has 0 spiro atoms. The number of aromatic nitrogens is 2. The van der Waals surface area contributed by atoms with Gasteiger partial charge in [-0.15, -0.1) is 0 Å². The Morgan fingerprint density at radius 1 is 1.03 bits per heavy atom. The van der Waals surface area contributed by atoms with Gasteiger partial charge in [-0.1, -0.05) is 17.7 Å². The van der Waals surface area contributed by atoms with Gasteiger partial charge < -0.3 is 14.5 Å². The number of halogens is 1. The zero-order valence-corrected chi connectivity index (χ0v) is 16.6. The van der Waals surface area contributed by atoms with Crippen molar-refractivity contribution >= 4 is 34.0 Å². The van der Waals surface area contributed by atoms with Crippen molar-refractivity contribution in [1.82, 2.24) is 14.5 Å². The topological polar surface area (TPSA) is 41.0 Å². The van der Waals surface area contributed by atoms with E-state index in [-0.39, 0.29) is 5.91 Å². The largest absolute Gasteiger partial charge is 0.361 e. The van der Waals surface area contributed by atoms with Crippen LogP contribution in [0.4, 0.5) is 0 Å². The molecule has 1 aliphatic heterocycles. The van der Waals surface area contributed by atoms with Crippen molar-refractivity contribution in [3.8, 4) is 5.69 Å². The van der Waals surface area contributed by atoms with Crippen LogP contribution in [0.5, 0.6) is 0 Å². The van der Waals surface area contributed by atoms with Gasteiger partial charge in [0.15, 0.2) is 0 Å². The molecule has 0 fully saturated rings. The molecule has 4 nitrogen and oxygen atoms in total. The number of benzene rings is 2. The van der Waals surface area contributed by atoms with Crippen molar-refractivity contribution in [2.75, 3.05) is 13.1 Å². The van der Waals surface area contributed by atoms with Gasteiger partial charge in [0.2, 0.25) is 0 Å². The van der Waals surface area contributed by atoms with E-state index in [0.29, 0.717) is 13.1 Å². The number of amides is 1. The molecule has 1 amide bonds. The minimum absolute atomic E-state index is 0.0707.